The maximum absolute atomic E-state index is 12.6. The number of fused-ring (bicyclic) bond motifs is 2. The number of aromatic nitrogens is 6. The molecule has 0 fully saturated rings. The second-order valence-corrected chi connectivity index (χ2v) is 8.09. The molecule has 0 spiro atoms. The molecule has 9 nitrogen and oxygen atoms in total. The van der Waals surface area contributed by atoms with Gasteiger partial charge in [0.2, 0.25) is 0 Å². The second-order valence-electron chi connectivity index (χ2n) is 8.09. The predicted octanol–water partition coefficient (Wildman–Crippen LogP) is 4.57. The fourth-order valence-corrected chi connectivity index (χ4v) is 3.90. The number of nitrogens with zero attached hydrogens (tertiary/aromatic N) is 4. The first-order valence-corrected chi connectivity index (χ1v) is 11.0. The first-order valence-electron chi connectivity index (χ1n) is 11.0. The number of H-pyrrole nitrogens is 2. The van der Waals surface area contributed by atoms with Crippen LogP contribution >= 0.6 is 0 Å². The number of aromatic amines is 2. The molecular weight excluding hydrogens is 440 g/mol. The van der Waals surface area contributed by atoms with E-state index >= 15 is 0 Å². The lowest BCUT2D eigenvalue weighted by Crippen LogP contribution is -2.23. The van der Waals surface area contributed by atoms with E-state index in [1.165, 1.54) is 0 Å². The summed E-state index contributed by atoms with van der Waals surface area (Å²) in [6.07, 6.45) is 6.94. The van der Waals surface area contributed by atoms with Crippen LogP contribution in [0.1, 0.15) is 16.1 Å². The van der Waals surface area contributed by atoms with Crippen molar-refractivity contribution in [3.63, 3.8) is 0 Å². The van der Waals surface area contributed by atoms with E-state index in [1.54, 1.807) is 24.8 Å². The minimum Gasteiger partial charge on any atom is -0.351 e. The highest BCUT2D eigenvalue weighted by Gasteiger charge is 2.11. The number of hydrogen-bond acceptors (Lipinski definition) is 6. The van der Waals surface area contributed by atoms with E-state index in [9.17, 15) is 4.79 Å². The standard InChI is InChI=1S/C26H20N8O/c35-26(29-14-16-2-1-8-27-13-16)23-11-17-3-4-18(12-22(17)32-23)25-28-9-7-24(33-25)31-20-5-6-21-19(10-20)15-30-34-21/h1-13,15,32H,14H2,(H,29,35)(H,30,34)(H,28,31,33). The average molecular weight is 461 g/mol. The van der Waals surface area contributed by atoms with E-state index < -0.39 is 0 Å². The van der Waals surface area contributed by atoms with Gasteiger partial charge < -0.3 is 15.6 Å². The van der Waals surface area contributed by atoms with Crippen molar-refractivity contribution >= 4 is 39.2 Å². The van der Waals surface area contributed by atoms with Gasteiger partial charge in [-0.05, 0) is 48.0 Å². The minimum absolute atomic E-state index is 0.177. The number of amides is 1. The maximum atomic E-state index is 12.6. The summed E-state index contributed by atoms with van der Waals surface area (Å²) < 4.78 is 0. The molecule has 6 aromatic rings. The topological polar surface area (TPSA) is 124 Å². The summed E-state index contributed by atoms with van der Waals surface area (Å²) in [5.74, 6) is 1.09. The Morgan fingerprint density at radius 2 is 1.89 bits per heavy atom. The third-order valence-electron chi connectivity index (χ3n) is 5.67. The van der Waals surface area contributed by atoms with Crippen LogP contribution in [-0.2, 0) is 6.54 Å². The summed E-state index contributed by atoms with van der Waals surface area (Å²) in [5.41, 5.74) is 4.99. The Labute approximate surface area is 199 Å². The molecule has 1 amide bonds. The Morgan fingerprint density at radius 1 is 0.914 bits per heavy atom. The van der Waals surface area contributed by atoms with Gasteiger partial charge in [-0.15, -0.1) is 0 Å². The summed E-state index contributed by atoms with van der Waals surface area (Å²) in [5, 5.41) is 15.2. The number of anilines is 2. The van der Waals surface area contributed by atoms with Gasteiger partial charge >= 0.3 is 0 Å². The Bertz CT molecular complexity index is 1650. The molecule has 0 bridgehead atoms. The van der Waals surface area contributed by atoms with Crippen molar-refractivity contribution in [2.75, 3.05) is 5.32 Å². The molecule has 0 unspecified atom stereocenters. The van der Waals surface area contributed by atoms with Crippen LogP contribution in [0.4, 0.5) is 11.5 Å². The largest absolute Gasteiger partial charge is 0.351 e. The fourth-order valence-electron chi connectivity index (χ4n) is 3.90. The smallest absolute Gasteiger partial charge is 0.267 e. The van der Waals surface area contributed by atoms with Crippen LogP contribution in [0.15, 0.2) is 85.5 Å². The Balaban J connectivity index is 1.21. The van der Waals surface area contributed by atoms with Gasteiger partial charge in [-0.3, -0.25) is 14.9 Å². The van der Waals surface area contributed by atoms with E-state index in [4.69, 9.17) is 0 Å². The zero-order valence-corrected chi connectivity index (χ0v) is 18.5. The Hall–Kier alpha value is -5.05. The van der Waals surface area contributed by atoms with Crippen molar-refractivity contribution in [3.05, 3.63) is 96.7 Å². The summed E-state index contributed by atoms with van der Waals surface area (Å²) >= 11 is 0. The molecule has 170 valence electrons. The van der Waals surface area contributed by atoms with Crippen molar-refractivity contribution in [2.45, 2.75) is 6.54 Å². The lowest BCUT2D eigenvalue weighted by molar-refractivity contribution is 0.0946. The highest BCUT2D eigenvalue weighted by atomic mass is 16.1. The van der Waals surface area contributed by atoms with Gasteiger partial charge in [0.05, 0.1) is 11.7 Å². The average Bonchev–Trinajstić information content (AvgIpc) is 3.54. The quantitative estimate of drug-likeness (QED) is 0.289. The molecule has 35 heavy (non-hydrogen) atoms. The van der Waals surface area contributed by atoms with Crippen LogP contribution in [0.25, 0.3) is 33.2 Å². The SMILES string of the molecule is O=C(NCc1cccnc1)c1cc2ccc(-c3nccc(Nc4ccc5[nH]ncc5c4)n3)cc2[nH]1. The lowest BCUT2D eigenvalue weighted by Gasteiger charge is -2.07. The van der Waals surface area contributed by atoms with E-state index in [0.717, 1.165) is 38.6 Å². The molecular formula is C26H20N8O. The number of carbonyl (C=O) groups is 1. The van der Waals surface area contributed by atoms with Crippen LogP contribution in [0.2, 0.25) is 0 Å². The van der Waals surface area contributed by atoms with Gasteiger partial charge in [-0.1, -0.05) is 18.2 Å². The normalized spacial score (nSPS) is 11.1. The van der Waals surface area contributed by atoms with Crippen molar-refractivity contribution in [1.29, 1.82) is 0 Å². The molecule has 0 aliphatic heterocycles. The maximum Gasteiger partial charge on any atom is 0.267 e. The molecule has 0 saturated carbocycles. The van der Waals surface area contributed by atoms with Crippen molar-refractivity contribution in [2.24, 2.45) is 0 Å². The number of hydrogen-bond donors (Lipinski definition) is 4. The monoisotopic (exact) mass is 460 g/mol. The number of nitrogens with one attached hydrogen (secondary N) is 4. The minimum atomic E-state index is -0.177. The lowest BCUT2D eigenvalue weighted by atomic mass is 10.1. The van der Waals surface area contributed by atoms with Crippen molar-refractivity contribution in [3.8, 4) is 11.4 Å². The highest BCUT2D eigenvalue weighted by molar-refractivity contribution is 5.98. The third-order valence-corrected chi connectivity index (χ3v) is 5.67. The van der Waals surface area contributed by atoms with Gasteiger partial charge in [-0.2, -0.15) is 5.10 Å². The molecule has 6 rings (SSSR count). The first-order chi connectivity index (χ1) is 17.2. The summed E-state index contributed by atoms with van der Waals surface area (Å²) in [7, 11) is 0. The van der Waals surface area contributed by atoms with E-state index in [-0.39, 0.29) is 5.91 Å². The molecule has 0 aliphatic rings. The van der Waals surface area contributed by atoms with Crippen LogP contribution in [-0.4, -0.2) is 36.0 Å². The number of benzene rings is 2. The summed E-state index contributed by atoms with van der Waals surface area (Å²) in [6.45, 7) is 0.411. The number of rotatable bonds is 6. The van der Waals surface area contributed by atoms with E-state index in [1.807, 2.05) is 60.7 Å². The number of pyridine rings is 1. The van der Waals surface area contributed by atoms with Crippen molar-refractivity contribution in [1.82, 2.24) is 35.5 Å². The zero-order chi connectivity index (χ0) is 23.6. The summed E-state index contributed by atoms with van der Waals surface area (Å²) in [4.78, 5) is 29.0. The van der Waals surface area contributed by atoms with Gasteiger partial charge in [0.15, 0.2) is 5.82 Å². The van der Waals surface area contributed by atoms with Gasteiger partial charge in [0.1, 0.15) is 11.5 Å². The zero-order valence-electron chi connectivity index (χ0n) is 18.5. The van der Waals surface area contributed by atoms with Crippen LogP contribution < -0.4 is 10.6 Å². The Kier molecular flexibility index (Phi) is 5.12. The molecule has 4 aromatic heterocycles. The third kappa shape index (κ3) is 4.30. The first kappa shape index (κ1) is 20.5. The molecule has 4 N–H and O–H groups in total. The molecule has 0 aliphatic carbocycles. The predicted molar refractivity (Wildman–Crippen MR) is 134 cm³/mol. The molecule has 9 heteroatoms. The van der Waals surface area contributed by atoms with Crippen LogP contribution in [0, 0.1) is 0 Å². The summed E-state index contributed by atoms with van der Waals surface area (Å²) in [6, 6.07) is 19.2. The van der Waals surface area contributed by atoms with Crippen LogP contribution in [0.3, 0.4) is 0 Å². The molecule has 4 heterocycles. The molecule has 2 aromatic carbocycles. The molecule has 0 saturated heterocycles. The van der Waals surface area contributed by atoms with Gasteiger partial charge in [0.25, 0.3) is 5.91 Å². The Morgan fingerprint density at radius 3 is 2.80 bits per heavy atom. The van der Waals surface area contributed by atoms with Gasteiger partial charge in [0, 0.05) is 52.7 Å². The molecule has 0 radical (unpaired) electrons. The number of carbonyl (C=O) groups excluding carboxylic acids is 1. The van der Waals surface area contributed by atoms with Crippen molar-refractivity contribution < 1.29 is 4.79 Å². The fraction of sp³-hybridized carbons (Fsp3) is 0.0385. The molecule has 0 atom stereocenters. The van der Waals surface area contributed by atoms with E-state index in [0.29, 0.717) is 23.9 Å². The second kappa shape index (κ2) is 8.71. The van der Waals surface area contributed by atoms with E-state index in [2.05, 4.69) is 40.8 Å². The van der Waals surface area contributed by atoms with Crippen LogP contribution in [0.5, 0.6) is 0 Å². The van der Waals surface area contributed by atoms with Gasteiger partial charge in [-0.25, -0.2) is 9.97 Å². The highest BCUT2D eigenvalue weighted by Crippen LogP contribution is 2.25.